The van der Waals surface area contributed by atoms with Crippen LogP contribution in [0.5, 0.6) is 0 Å². The molecule has 1 aliphatic rings. The van der Waals surface area contributed by atoms with E-state index in [1.165, 1.54) is 0 Å². The third kappa shape index (κ3) is 3.12. The predicted octanol–water partition coefficient (Wildman–Crippen LogP) is -1.24. The standard InChI is InChI=1S/C8H14N2O3/c1-5(11)4-9-6-2-3-7(12)10-8(6)13/h5-6,9,11H,2-4H2,1H3,(H,10,12,13)/t5-,6?/m0/s1. The Labute approximate surface area is 76.5 Å². The lowest BCUT2D eigenvalue weighted by Gasteiger charge is -2.22. The minimum Gasteiger partial charge on any atom is -0.392 e. The minimum absolute atomic E-state index is 0.222. The van der Waals surface area contributed by atoms with Crippen LogP contribution >= 0.6 is 0 Å². The molecule has 0 aromatic heterocycles. The molecule has 0 saturated carbocycles. The normalized spacial score (nSPS) is 25.5. The quantitative estimate of drug-likeness (QED) is 0.482. The molecule has 5 nitrogen and oxygen atoms in total. The number of nitrogens with one attached hydrogen (secondary N) is 2. The molecule has 1 fully saturated rings. The molecule has 1 rings (SSSR count). The molecule has 13 heavy (non-hydrogen) atoms. The van der Waals surface area contributed by atoms with E-state index in [0.717, 1.165) is 0 Å². The van der Waals surface area contributed by atoms with Gasteiger partial charge in [0.2, 0.25) is 11.8 Å². The summed E-state index contributed by atoms with van der Waals surface area (Å²) in [5.74, 6) is -0.517. The number of carbonyl (C=O) groups is 2. The molecule has 1 heterocycles. The first-order chi connectivity index (χ1) is 6.09. The molecule has 1 unspecified atom stereocenters. The number of amides is 2. The Morgan fingerprint density at radius 2 is 2.38 bits per heavy atom. The maximum atomic E-state index is 11.1. The molecule has 0 aliphatic carbocycles. The second kappa shape index (κ2) is 4.34. The van der Waals surface area contributed by atoms with Crippen molar-refractivity contribution < 1.29 is 14.7 Å². The number of piperidine rings is 1. The highest BCUT2D eigenvalue weighted by Crippen LogP contribution is 2.03. The van der Waals surface area contributed by atoms with Gasteiger partial charge in [0, 0.05) is 13.0 Å². The number of hydrogen-bond acceptors (Lipinski definition) is 4. The van der Waals surface area contributed by atoms with Crippen LogP contribution in [0.1, 0.15) is 19.8 Å². The number of aliphatic hydroxyl groups excluding tert-OH is 1. The molecular formula is C8H14N2O3. The van der Waals surface area contributed by atoms with Gasteiger partial charge in [-0.2, -0.15) is 0 Å². The number of rotatable bonds is 3. The summed E-state index contributed by atoms with van der Waals surface area (Å²) in [6.07, 6.45) is 0.395. The first kappa shape index (κ1) is 10.1. The van der Waals surface area contributed by atoms with Gasteiger partial charge in [0.15, 0.2) is 0 Å². The van der Waals surface area contributed by atoms with E-state index in [1.807, 2.05) is 0 Å². The summed E-state index contributed by atoms with van der Waals surface area (Å²) in [6, 6.07) is -0.340. The fourth-order valence-electron chi connectivity index (χ4n) is 1.20. The number of hydrogen-bond donors (Lipinski definition) is 3. The van der Waals surface area contributed by atoms with Crippen LogP contribution in [0.4, 0.5) is 0 Å². The van der Waals surface area contributed by atoms with Gasteiger partial charge in [0.1, 0.15) is 0 Å². The molecule has 0 aromatic rings. The van der Waals surface area contributed by atoms with Gasteiger partial charge in [-0.1, -0.05) is 0 Å². The van der Waals surface area contributed by atoms with Crippen molar-refractivity contribution in [2.75, 3.05) is 6.54 Å². The zero-order chi connectivity index (χ0) is 9.84. The number of carbonyl (C=O) groups excluding carboxylic acids is 2. The second-order valence-corrected chi connectivity index (χ2v) is 3.26. The van der Waals surface area contributed by atoms with Gasteiger partial charge in [-0.15, -0.1) is 0 Å². The molecular weight excluding hydrogens is 172 g/mol. The van der Waals surface area contributed by atoms with Crippen LogP contribution < -0.4 is 10.6 Å². The Kier molecular flexibility index (Phi) is 3.39. The molecule has 2 amide bonds. The summed E-state index contributed by atoms with van der Waals surface area (Å²) < 4.78 is 0. The fourth-order valence-corrected chi connectivity index (χ4v) is 1.20. The van der Waals surface area contributed by atoms with Gasteiger partial charge in [-0.25, -0.2) is 0 Å². The zero-order valence-corrected chi connectivity index (χ0v) is 7.54. The van der Waals surface area contributed by atoms with Crippen molar-refractivity contribution in [1.82, 2.24) is 10.6 Å². The summed E-state index contributed by atoms with van der Waals surface area (Å²) in [6.45, 7) is 2.01. The molecule has 0 bridgehead atoms. The Bertz CT molecular complexity index is 215. The largest absolute Gasteiger partial charge is 0.392 e. The molecule has 0 aromatic carbocycles. The van der Waals surface area contributed by atoms with Crippen molar-refractivity contribution in [3.8, 4) is 0 Å². The van der Waals surface area contributed by atoms with Crippen molar-refractivity contribution in [3.63, 3.8) is 0 Å². The minimum atomic E-state index is -0.481. The van der Waals surface area contributed by atoms with Crippen LogP contribution in [0.2, 0.25) is 0 Å². The van der Waals surface area contributed by atoms with E-state index in [4.69, 9.17) is 5.11 Å². The zero-order valence-electron chi connectivity index (χ0n) is 7.54. The maximum Gasteiger partial charge on any atom is 0.243 e. The van der Waals surface area contributed by atoms with E-state index in [-0.39, 0.29) is 17.9 Å². The van der Waals surface area contributed by atoms with Crippen LogP contribution in [0.25, 0.3) is 0 Å². The topological polar surface area (TPSA) is 78.4 Å². The Hall–Kier alpha value is -0.940. The average Bonchev–Trinajstić information content (AvgIpc) is 2.02. The lowest BCUT2D eigenvalue weighted by molar-refractivity contribution is -0.134. The van der Waals surface area contributed by atoms with E-state index in [2.05, 4.69) is 10.6 Å². The van der Waals surface area contributed by atoms with E-state index >= 15 is 0 Å². The van der Waals surface area contributed by atoms with Gasteiger partial charge in [-0.3, -0.25) is 14.9 Å². The highest BCUT2D eigenvalue weighted by Gasteiger charge is 2.25. The Morgan fingerprint density at radius 1 is 1.69 bits per heavy atom. The lowest BCUT2D eigenvalue weighted by atomic mass is 10.1. The highest BCUT2D eigenvalue weighted by molar-refractivity contribution is 6.00. The summed E-state index contributed by atoms with van der Waals surface area (Å²) in [4.78, 5) is 21.9. The van der Waals surface area contributed by atoms with Gasteiger partial charge in [0.05, 0.1) is 12.1 Å². The number of aliphatic hydroxyl groups is 1. The lowest BCUT2D eigenvalue weighted by Crippen LogP contribution is -2.51. The van der Waals surface area contributed by atoms with E-state index in [9.17, 15) is 9.59 Å². The third-order valence-electron chi connectivity index (χ3n) is 1.90. The van der Waals surface area contributed by atoms with E-state index in [0.29, 0.717) is 19.4 Å². The summed E-state index contributed by atoms with van der Waals surface area (Å²) in [5.41, 5.74) is 0. The summed E-state index contributed by atoms with van der Waals surface area (Å²) >= 11 is 0. The van der Waals surface area contributed by atoms with Crippen molar-refractivity contribution in [2.45, 2.75) is 31.9 Å². The molecule has 1 saturated heterocycles. The average molecular weight is 186 g/mol. The first-order valence-electron chi connectivity index (χ1n) is 4.34. The van der Waals surface area contributed by atoms with Crippen LogP contribution in [-0.2, 0) is 9.59 Å². The van der Waals surface area contributed by atoms with E-state index < -0.39 is 6.10 Å². The van der Waals surface area contributed by atoms with E-state index in [1.54, 1.807) is 6.92 Å². The second-order valence-electron chi connectivity index (χ2n) is 3.26. The van der Waals surface area contributed by atoms with Crippen molar-refractivity contribution >= 4 is 11.8 Å². The summed E-state index contributed by atoms with van der Waals surface area (Å²) in [7, 11) is 0. The van der Waals surface area contributed by atoms with Crippen molar-refractivity contribution in [3.05, 3.63) is 0 Å². The Balaban J connectivity index is 2.34. The monoisotopic (exact) mass is 186 g/mol. The van der Waals surface area contributed by atoms with Crippen molar-refractivity contribution in [1.29, 1.82) is 0 Å². The molecule has 0 radical (unpaired) electrons. The smallest absolute Gasteiger partial charge is 0.243 e. The van der Waals surface area contributed by atoms with Crippen LogP contribution in [0, 0.1) is 0 Å². The van der Waals surface area contributed by atoms with Gasteiger partial charge < -0.3 is 10.4 Å². The molecule has 5 heteroatoms. The van der Waals surface area contributed by atoms with Gasteiger partial charge >= 0.3 is 0 Å². The van der Waals surface area contributed by atoms with Crippen molar-refractivity contribution in [2.24, 2.45) is 0 Å². The molecule has 3 N–H and O–H groups in total. The fraction of sp³-hybridized carbons (Fsp3) is 0.750. The molecule has 74 valence electrons. The predicted molar refractivity (Wildman–Crippen MR) is 45.9 cm³/mol. The molecule has 2 atom stereocenters. The Morgan fingerprint density at radius 3 is 2.92 bits per heavy atom. The van der Waals surface area contributed by atoms with Gasteiger partial charge in [0.25, 0.3) is 0 Å². The highest BCUT2D eigenvalue weighted by atomic mass is 16.3. The molecule has 1 aliphatic heterocycles. The van der Waals surface area contributed by atoms with Crippen LogP contribution in [-0.4, -0.2) is 35.6 Å². The van der Waals surface area contributed by atoms with Crippen LogP contribution in [0.15, 0.2) is 0 Å². The maximum absolute atomic E-state index is 11.1. The first-order valence-corrected chi connectivity index (χ1v) is 4.34. The third-order valence-corrected chi connectivity index (χ3v) is 1.90. The SMILES string of the molecule is C[C@H](O)CNC1CCC(=O)NC1=O. The summed E-state index contributed by atoms with van der Waals surface area (Å²) in [5, 5.41) is 14.1. The van der Waals surface area contributed by atoms with Gasteiger partial charge in [-0.05, 0) is 13.3 Å². The van der Waals surface area contributed by atoms with Crippen LogP contribution in [0.3, 0.4) is 0 Å². The molecule has 0 spiro atoms. The number of imide groups is 1.